The van der Waals surface area contributed by atoms with Crippen molar-refractivity contribution in [1.29, 1.82) is 0 Å². The maximum absolute atomic E-state index is 12.2. The van der Waals surface area contributed by atoms with Gasteiger partial charge in [-0.2, -0.15) is 0 Å². The van der Waals surface area contributed by atoms with E-state index in [-0.39, 0.29) is 18.0 Å². The quantitative estimate of drug-likeness (QED) is 0.828. The highest BCUT2D eigenvalue weighted by molar-refractivity contribution is 5.99. The van der Waals surface area contributed by atoms with E-state index in [0.29, 0.717) is 17.2 Å². The fourth-order valence-electron chi connectivity index (χ4n) is 1.62. The molecule has 21 heavy (non-hydrogen) atoms. The van der Waals surface area contributed by atoms with Crippen LogP contribution < -0.4 is 19.5 Å². The molecule has 1 N–H and O–H groups in total. The first kappa shape index (κ1) is 16.6. The second-order valence-electron chi connectivity index (χ2n) is 4.38. The summed E-state index contributed by atoms with van der Waals surface area (Å²) in [7, 11) is 7.65. The smallest absolute Gasteiger partial charge is 0.255 e. The number of rotatable bonds is 6. The fourth-order valence-corrected chi connectivity index (χ4v) is 1.62. The Kier molecular flexibility index (Phi) is 5.83. The maximum atomic E-state index is 12.2. The Morgan fingerprint density at radius 2 is 1.52 bits per heavy atom. The van der Waals surface area contributed by atoms with Crippen molar-refractivity contribution in [3.8, 4) is 17.2 Å². The van der Waals surface area contributed by atoms with Crippen molar-refractivity contribution in [2.45, 2.75) is 0 Å². The Bertz CT molecular complexity index is 528. The molecular weight excluding hydrogens is 276 g/mol. The number of amides is 2. The van der Waals surface area contributed by atoms with Crippen LogP contribution >= 0.6 is 0 Å². The van der Waals surface area contributed by atoms with Crippen LogP contribution in [0.4, 0.5) is 0 Å². The van der Waals surface area contributed by atoms with Gasteiger partial charge in [0.2, 0.25) is 5.91 Å². The first-order valence-electron chi connectivity index (χ1n) is 6.23. The molecule has 0 unspecified atom stereocenters. The molecule has 0 aliphatic rings. The molecule has 0 bridgehead atoms. The van der Waals surface area contributed by atoms with Gasteiger partial charge >= 0.3 is 0 Å². The molecule has 0 saturated carbocycles. The molecule has 0 saturated heterocycles. The number of hydrogen-bond donors (Lipinski definition) is 1. The topological polar surface area (TPSA) is 77.1 Å². The van der Waals surface area contributed by atoms with Crippen LogP contribution in [0.25, 0.3) is 0 Å². The molecule has 0 aliphatic heterocycles. The fraction of sp³-hybridized carbons (Fsp3) is 0.429. The van der Waals surface area contributed by atoms with E-state index in [4.69, 9.17) is 14.2 Å². The highest BCUT2D eigenvalue weighted by Crippen LogP contribution is 2.34. The van der Waals surface area contributed by atoms with E-state index in [9.17, 15) is 9.59 Å². The molecule has 1 aromatic carbocycles. The molecule has 2 amide bonds. The van der Waals surface area contributed by atoms with E-state index >= 15 is 0 Å². The van der Waals surface area contributed by atoms with Gasteiger partial charge in [-0.15, -0.1) is 0 Å². The summed E-state index contributed by atoms with van der Waals surface area (Å²) in [6.45, 7) is -0.0939. The summed E-state index contributed by atoms with van der Waals surface area (Å²) in [6.07, 6.45) is 0. The number of benzene rings is 1. The number of carbonyl (C=O) groups excluding carboxylic acids is 2. The molecular formula is C14H20N2O5. The standard InChI is InChI=1S/C14H20N2O5/c1-16(2)13(17)8-15-14(18)9-6-11(20-4)12(21-5)7-10(9)19-3/h6-7H,8H2,1-5H3,(H,15,18). The van der Waals surface area contributed by atoms with Crippen LogP contribution in [0, 0.1) is 0 Å². The van der Waals surface area contributed by atoms with E-state index in [1.54, 1.807) is 20.2 Å². The van der Waals surface area contributed by atoms with Crippen molar-refractivity contribution in [3.05, 3.63) is 17.7 Å². The summed E-state index contributed by atoms with van der Waals surface area (Å²) in [5.41, 5.74) is 0.265. The molecule has 0 spiro atoms. The molecule has 116 valence electrons. The number of nitrogens with one attached hydrogen (secondary N) is 1. The predicted molar refractivity (Wildman–Crippen MR) is 77.1 cm³/mol. The van der Waals surface area contributed by atoms with Gasteiger partial charge in [-0.1, -0.05) is 0 Å². The van der Waals surface area contributed by atoms with Gasteiger partial charge in [-0.05, 0) is 0 Å². The van der Waals surface area contributed by atoms with Crippen molar-refractivity contribution in [2.75, 3.05) is 42.0 Å². The molecule has 0 aliphatic carbocycles. The number of hydrogen-bond acceptors (Lipinski definition) is 5. The van der Waals surface area contributed by atoms with Gasteiger partial charge in [0.1, 0.15) is 5.75 Å². The second kappa shape index (κ2) is 7.37. The summed E-state index contributed by atoms with van der Waals surface area (Å²) in [4.78, 5) is 25.0. The van der Waals surface area contributed by atoms with Gasteiger partial charge in [-0.3, -0.25) is 9.59 Å². The van der Waals surface area contributed by atoms with Crippen LogP contribution in [0.5, 0.6) is 17.2 Å². The molecule has 0 fully saturated rings. The average Bonchev–Trinajstić information content (AvgIpc) is 2.50. The van der Waals surface area contributed by atoms with Gasteiger partial charge in [0.05, 0.1) is 33.4 Å². The SMILES string of the molecule is COc1cc(OC)c(C(=O)NCC(=O)N(C)C)cc1OC. The second-order valence-corrected chi connectivity index (χ2v) is 4.38. The largest absolute Gasteiger partial charge is 0.496 e. The number of nitrogens with zero attached hydrogens (tertiary/aromatic N) is 1. The van der Waals surface area contributed by atoms with Gasteiger partial charge in [0, 0.05) is 26.2 Å². The normalized spacial score (nSPS) is 9.76. The third kappa shape index (κ3) is 4.01. The first-order chi connectivity index (χ1) is 9.94. The van der Waals surface area contributed by atoms with E-state index in [1.807, 2.05) is 0 Å². The molecule has 1 rings (SSSR count). The van der Waals surface area contributed by atoms with Crippen LogP contribution in [0.1, 0.15) is 10.4 Å². The van der Waals surface area contributed by atoms with E-state index in [2.05, 4.69) is 5.32 Å². The molecule has 1 aromatic rings. The van der Waals surface area contributed by atoms with Gasteiger partial charge in [0.15, 0.2) is 11.5 Å². The third-order valence-electron chi connectivity index (χ3n) is 2.85. The van der Waals surface area contributed by atoms with Crippen molar-refractivity contribution in [1.82, 2.24) is 10.2 Å². The highest BCUT2D eigenvalue weighted by atomic mass is 16.5. The highest BCUT2D eigenvalue weighted by Gasteiger charge is 2.18. The van der Waals surface area contributed by atoms with Crippen LogP contribution in [0.3, 0.4) is 0 Å². The lowest BCUT2D eigenvalue weighted by Crippen LogP contribution is -2.36. The lowest BCUT2D eigenvalue weighted by Gasteiger charge is -2.15. The number of methoxy groups -OCH3 is 3. The molecule has 0 atom stereocenters. The van der Waals surface area contributed by atoms with Crippen molar-refractivity contribution in [2.24, 2.45) is 0 Å². The molecule has 0 aromatic heterocycles. The first-order valence-corrected chi connectivity index (χ1v) is 6.23. The lowest BCUT2D eigenvalue weighted by molar-refractivity contribution is -0.127. The summed E-state index contributed by atoms with van der Waals surface area (Å²) in [5, 5.41) is 2.54. The van der Waals surface area contributed by atoms with Gasteiger partial charge in [0.25, 0.3) is 5.91 Å². The minimum atomic E-state index is -0.428. The molecule has 7 nitrogen and oxygen atoms in total. The third-order valence-corrected chi connectivity index (χ3v) is 2.85. The van der Waals surface area contributed by atoms with Gasteiger partial charge in [-0.25, -0.2) is 0 Å². The van der Waals surface area contributed by atoms with Crippen molar-refractivity contribution < 1.29 is 23.8 Å². The Labute approximate surface area is 123 Å². The zero-order valence-electron chi connectivity index (χ0n) is 12.9. The van der Waals surface area contributed by atoms with Crippen molar-refractivity contribution in [3.63, 3.8) is 0 Å². The Morgan fingerprint density at radius 3 is 2.00 bits per heavy atom. The number of carbonyl (C=O) groups is 2. The lowest BCUT2D eigenvalue weighted by atomic mass is 10.1. The van der Waals surface area contributed by atoms with E-state index in [1.165, 1.54) is 32.3 Å². The van der Waals surface area contributed by atoms with Crippen LogP contribution in [-0.4, -0.2) is 58.7 Å². The summed E-state index contributed by atoms with van der Waals surface area (Å²) < 4.78 is 15.5. The molecule has 0 heterocycles. The monoisotopic (exact) mass is 296 g/mol. The van der Waals surface area contributed by atoms with Crippen LogP contribution in [0.15, 0.2) is 12.1 Å². The minimum absolute atomic E-state index is 0.0939. The summed E-state index contributed by atoms with van der Waals surface area (Å²) in [5.74, 6) is 0.561. The van der Waals surface area contributed by atoms with Gasteiger partial charge < -0.3 is 24.4 Å². The minimum Gasteiger partial charge on any atom is -0.496 e. The van der Waals surface area contributed by atoms with E-state index in [0.717, 1.165) is 0 Å². The zero-order chi connectivity index (χ0) is 16.0. The summed E-state index contributed by atoms with van der Waals surface area (Å²) in [6, 6.07) is 3.06. The predicted octanol–water partition coefficient (Wildman–Crippen LogP) is 0.530. The molecule has 0 radical (unpaired) electrons. The van der Waals surface area contributed by atoms with Crippen molar-refractivity contribution >= 4 is 11.8 Å². The summed E-state index contributed by atoms with van der Waals surface area (Å²) >= 11 is 0. The van der Waals surface area contributed by atoms with E-state index < -0.39 is 5.91 Å². The molecule has 7 heteroatoms. The maximum Gasteiger partial charge on any atom is 0.255 e. The average molecular weight is 296 g/mol. The Hall–Kier alpha value is -2.44. The number of ether oxygens (including phenoxy) is 3. The Morgan fingerprint density at radius 1 is 1.00 bits per heavy atom. The Balaban J connectivity index is 3.00. The number of likely N-dealkylation sites (N-methyl/N-ethyl adjacent to an activating group) is 1. The van der Waals surface area contributed by atoms with Crippen LogP contribution in [0.2, 0.25) is 0 Å². The van der Waals surface area contributed by atoms with Crippen LogP contribution in [-0.2, 0) is 4.79 Å². The zero-order valence-corrected chi connectivity index (χ0v) is 12.9.